The van der Waals surface area contributed by atoms with Gasteiger partial charge in [-0.1, -0.05) is 26.0 Å². The lowest BCUT2D eigenvalue weighted by molar-refractivity contribution is -0.386. The van der Waals surface area contributed by atoms with Crippen LogP contribution in [-0.4, -0.2) is 30.7 Å². The van der Waals surface area contributed by atoms with Gasteiger partial charge in [-0.25, -0.2) is 14.3 Å². The van der Waals surface area contributed by atoms with Crippen LogP contribution >= 0.6 is 0 Å². The highest BCUT2D eigenvalue weighted by molar-refractivity contribution is 5.89. The Kier molecular flexibility index (Phi) is 5.97. The Bertz CT molecular complexity index is 1200. The quantitative estimate of drug-likeness (QED) is 0.448. The summed E-state index contributed by atoms with van der Waals surface area (Å²) in [5, 5.41) is 11.1. The van der Waals surface area contributed by atoms with Gasteiger partial charge in [-0.3, -0.25) is 14.9 Å². The molecule has 0 spiro atoms. The molecule has 3 aromatic rings. The van der Waals surface area contributed by atoms with Crippen LogP contribution in [0.25, 0.3) is 11.0 Å². The zero-order chi connectivity index (χ0) is 22.9. The van der Waals surface area contributed by atoms with Crippen LogP contribution in [0.5, 0.6) is 0 Å². The first-order valence-electron chi connectivity index (χ1n) is 10.0. The Labute approximate surface area is 179 Å². The SMILES string of the molecule is CC(C)Cc1cccc2c1nc(Cn1cccc([N+](=O)[O-])c1=O)n2C(=O)OC(C)(C)C. The highest BCUT2D eigenvalue weighted by atomic mass is 16.6. The minimum absolute atomic E-state index is 0.116. The van der Waals surface area contributed by atoms with Crippen LogP contribution in [0.15, 0.2) is 41.3 Å². The van der Waals surface area contributed by atoms with Crippen LogP contribution in [0.2, 0.25) is 0 Å². The van der Waals surface area contributed by atoms with Crippen molar-refractivity contribution in [3.05, 3.63) is 68.4 Å². The minimum atomic E-state index is -0.766. The van der Waals surface area contributed by atoms with E-state index in [0.717, 1.165) is 18.1 Å². The van der Waals surface area contributed by atoms with Crippen LogP contribution in [0.1, 0.15) is 46.0 Å². The molecule has 0 aliphatic heterocycles. The van der Waals surface area contributed by atoms with E-state index in [2.05, 4.69) is 18.8 Å². The maximum atomic E-state index is 13.0. The second-order valence-corrected chi connectivity index (χ2v) is 8.81. The molecule has 0 unspecified atom stereocenters. The summed E-state index contributed by atoms with van der Waals surface area (Å²) in [6.45, 7) is 9.35. The molecule has 0 atom stereocenters. The van der Waals surface area contributed by atoms with E-state index < -0.39 is 27.9 Å². The Morgan fingerprint density at radius 3 is 2.55 bits per heavy atom. The number of hydrogen-bond acceptors (Lipinski definition) is 6. The molecule has 0 N–H and O–H groups in total. The molecule has 2 aromatic heterocycles. The highest BCUT2D eigenvalue weighted by Gasteiger charge is 2.25. The Morgan fingerprint density at radius 1 is 1.23 bits per heavy atom. The Balaban J connectivity index is 2.19. The van der Waals surface area contributed by atoms with Crippen molar-refractivity contribution in [2.75, 3.05) is 0 Å². The van der Waals surface area contributed by atoms with Gasteiger partial charge < -0.3 is 9.30 Å². The number of para-hydroxylation sites is 1. The molecular weight excluding hydrogens is 400 g/mol. The second-order valence-electron chi connectivity index (χ2n) is 8.81. The predicted octanol–water partition coefficient (Wildman–Crippen LogP) is 4.14. The van der Waals surface area contributed by atoms with Crippen molar-refractivity contribution in [1.29, 1.82) is 0 Å². The molecule has 9 nitrogen and oxygen atoms in total. The van der Waals surface area contributed by atoms with E-state index >= 15 is 0 Å². The van der Waals surface area contributed by atoms with E-state index in [1.54, 1.807) is 26.8 Å². The van der Waals surface area contributed by atoms with Gasteiger partial charge in [-0.2, -0.15) is 0 Å². The van der Waals surface area contributed by atoms with Crippen molar-refractivity contribution < 1.29 is 14.5 Å². The first-order valence-corrected chi connectivity index (χ1v) is 10.0. The van der Waals surface area contributed by atoms with Crippen molar-refractivity contribution in [2.24, 2.45) is 5.92 Å². The third-order valence-electron chi connectivity index (χ3n) is 4.55. The van der Waals surface area contributed by atoms with Crippen LogP contribution in [-0.2, 0) is 17.7 Å². The van der Waals surface area contributed by atoms with Gasteiger partial charge in [-0.05, 0) is 50.8 Å². The molecule has 2 heterocycles. The number of rotatable bonds is 5. The molecule has 31 heavy (non-hydrogen) atoms. The number of pyridine rings is 1. The number of nitrogens with zero attached hydrogens (tertiary/aromatic N) is 4. The zero-order valence-corrected chi connectivity index (χ0v) is 18.3. The van der Waals surface area contributed by atoms with Gasteiger partial charge in [-0.15, -0.1) is 0 Å². The van der Waals surface area contributed by atoms with Crippen LogP contribution in [0.3, 0.4) is 0 Å². The highest BCUT2D eigenvalue weighted by Crippen LogP contribution is 2.24. The standard InChI is InChI=1S/C22H26N4O5/c1-14(2)12-15-8-6-9-16-19(15)23-18(25(16)21(28)31-22(3,4)5)13-24-11-7-10-17(20(24)27)26(29)30/h6-11,14H,12-13H2,1-5H3. The Morgan fingerprint density at radius 2 is 1.94 bits per heavy atom. The summed E-state index contributed by atoms with van der Waals surface area (Å²) in [6.07, 6.45) is 1.58. The molecule has 1 aromatic carbocycles. The monoisotopic (exact) mass is 426 g/mol. The Hall–Kier alpha value is -3.49. The molecule has 0 aliphatic carbocycles. The first-order chi connectivity index (χ1) is 14.5. The third-order valence-corrected chi connectivity index (χ3v) is 4.55. The summed E-state index contributed by atoms with van der Waals surface area (Å²) in [5.74, 6) is 0.642. The lowest BCUT2D eigenvalue weighted by Gasteiger charge is -2.20. The number of carbonyl (C=O) groups is 1. The lowest BCUT2D eigenvalue weighted by Crippen LogP contribution is -2.29. The van der Waals surface area contributed by atoms with E-state index in [1.807, 2.05) is 12.1 Å². The second kappa shape index (κ2) is 8.33. The number of nitro groups is 1. The van der Waals surface area contributed by atoms with Gasteiger partial charge in [0.2, 0.25) is 0 Å². The number of ether oxygens (including phenoxy) is 1. The number of carbonyl (C=O) groups excluding carboxylic acids is 1. The molecule has 164 valence electrons. The van der Waals surface area contributed by atoms with Gasteiger partial charge in [0.25, 0.3) is 0 Å². The fourth-order valence-electron chi connectivity index (χ4n) is 3.37. The summed E-state index contributed by atoms with van der Waals surface area (Å²) in [5.41, 5.74) is 0.155. The summed E-state index contributed by atoms with van der Waals surface area (Å²) >= 11 is 0. The van der Waals surface area contributed by atoms with E-state index in [9.17, 15) is 19.7 Å². The molecule has 0 aliphatic rings. The van der Waals surface area contributed by atoms with Crippen LogP contribution in [0, 0.1) is 16.0 Å². The molecule has 9 heteroatoms. The number of fused-ring (bicyclic) bond motifs is 1. The van der Waals surface area contributed by atoms with E-state index in [1.165, 1.54) is 21.4 Å². The largest absolute Gasteiger partial charge is 0.443 e. The summed E-state index contributed by atoms with van der Waals surface area (Å²) in [4.78, 5) is 40.6. The van der Waals surface area contributed by atoms with E-state index in [4.69, 9.17) is 4.74 Å². The smallest absolute Gasteiger partial charge is 0.420 e. The normalized spacial score (nSPS) is 11.8. The molecule has 0 amide bonds. The average molecular weight is 426 g/mol. The zero-order valence-electron chi connectivity index (χ0n) is 18.3. The van der Waals surface area contributed by atoms with Crippen molar-refractivity contribution in [2.45, 2.75) is 53.2 Å². The molecule has 0 radical (unpaired) electrons. The maximum Gasteiger partial charge on any atom is 0.420 e. The molecule has 3 rings (SSSR count). The topological polar surface area (TPSA) is 109 Å². The molecule has 0 bridgehead atoms. The van der Waals surface area contributed by atoms with Crippen molar-refractivity contribution >= 4 is 22.8 Å². The van der Waals surface area contributed by atoms with Gasteiger partial charge in [0.15, 0.2) is 0 Å². The predicted molar refractivity (Wildman–Crippen MR) is 116 cm³/mol. The fraction of sp³-hybridized carbons (Fsp3) is 0.409. The first kappa shape index (κ1) is 22.2. The summed E-state index contributed by atoms with van der Waals surface area (Å²) in [7, 11) is 0. The third kappa shape index (κ3) is 4.82. The molecule has 0 saturated heterocycles. The van der Waals surface area contributed by atoms with Crippen molar-refractivity contribution in [1.82, 2.24) is 14.1 Å². The van der Waals surface area contributed by atoms with Crippen molar-refractivity contribution in [3.8, 4) is 0 Å². The van der Waals surface area contributed by atoms with Crippen molar-refractivity contribution in [3.63, 3.8) is 0 Å². The van der Waals surface area contributed by atoms with Gasteiger partial charge in [0.1, 0.15) is 11.4 Å². The van der Waals surface area contributed by atoms with E-state index in [0.29, 0.717) is 17.0 Å². The molecule has 0 fully saturated rings. The molecular formula is C22H26N4O5. The number of aromatic nitrogens is 3. The van der Waals surface area contributed by atoms with Crippen LogP contribution in [0.4, 0.5) is 10.5 Å². The van der Waals surface area contributed by atoms with Crippen LogP contribution < -0.4 is 5.56 Å². The summed E-state index contributed by atoms with van der Waals surface area (Å²) in [6, 6.07) is 8.15. The number of hydrogen-bond donors (Lipinski definition) is 0. The van der Waals surface area contributed by atoms with Gasteiger partial charge in [0, 0.05) is 12.3 Å². The fourth-order valence-corrected chi connectivity index (χ4v) is 3.37. The maximum absolute atomic E-state index is 13.0. The lowest BCUT2D eigenvalue weighted by atomic mass is 10.0. The van der Waals surface area contributed by atoms with Gasteiger partial charge >= 0.3 is 17.3 Å². The number of benzene rings is 1. The van der Waals surface area contributed by atoms with E-state index in [-0.39, 0.29) is 12.4 Å². The molecule has 0 saturated carbocycles. The minimum Gasteiger partial charge on any atom is -0.443 e. The summed E-state index contributed by atoms with van der Waals surface area (Å²) < 4.78 is 8.08. The number of imidazole rings is 1. The average Bonchev–Trinajstić information content (AvgIpc) is 3.00. The van der Waals surface area contributed by atoms with Gasteiger partial charge in [0.05, 0.1) is 22.5 Å².